The molecule has 3 rings (SSSR count). The van der Waals surface area contributed by atoms with E-state index < -0.39 is 11.9 Å². The van der Waals surface area contributed by atoms with E-state index in [1.165, 1.54) is 44.6 Å². The summed E-state index contributed by atoms with van der Waals surface area (Å²) in [4.78, 5) is 23.4. The Hall–Kier alpha value is -4.13. The van der Waals surface area contributed by atoms with Crippen molar-refractivity contribution < 1.29 is 33.7 Å². The van der Waals surface area contributed by atoms with Crippen LogP contribution in [-0.2, 0) is 22.3 Å². The molecule has 33 heavy (non-hydrogen) atoms. The van der Waals surface area contributed by atoms with E-state index >= 15 is 0 Å². The fourth-order valence-corrected chi connectivity index (χ4v) is 3.28. The van der Waals surface area contributed by atoms with Gasteiger partial charge in [-0.2, -0.15) is 0 Å². The summed E-state index contributed by atoms with van der Waals surface area (Å²) in [5, 5.41) is 19.6. The SMILES string of the molecule is COC(=O)c1cc(/C=C/c2ccc(CCc3ccc(O)c(C(=O)OC)c3)c(F)c2)ccc1O. The molecule has 0 atom stereocenters. The zero-order chi connectivity index (χ0) is 24.0. The number of hydrogen-bond donors (Lipinski definition) is 2. The van der Waals surface area contributed by atoms with Gasteiger partial charge in [-0.25, -0.2) is 14.0 Å². The number of aromatic hydroxyl groups is 2. The lowest BCUT2D eigenvalue weighted by molar-refractivity contribution is 0.0588. The molecule has 3 aromatic rings. The topological polar surface area (TPSA) is 93.1 Å². The third-order valence-corrected chi connectivity index (χ3v) is 5.12. The second kappa shape index (κ2) is 10.5. The van der Waals surface area contributed by atoms with E-state index in [9.17, 15) is 24.2 Å². The van der Waals surface area contributed by atoms with Crippen molar-refractivity contribution >= 4 is 24.1 Å². The van der Waals surface area contributed by atoms with Gasteiger partial charge in [-0.15, -0.1) is 0 Å². The van der Waals surface area contributed by atoms with Crippen molar-refractivity contribution in [3.8, 4) is 11.5 Å². The van der Waals surface area contributed by atoms with Crippen LogP contribution in [0.5, 0.6) is 11.5 Å². The molecule has 2 N–H and O–H groups in total. The first-order valence-electron chi connectivity index (χ1n) is 10.1. The molecule has 0 amide bonds. The normalized spacial score (nSPS) is 10.9. The highest BCUT2D eigenvalue weighted by Crippen LogP contribution is 2.23. The van der Waals surface area contributed by atoms with Crippen LogP contribution in [0, 0.1) is 5.82 Å². The highest BCUT2D eigenvalue weighted by Gasteiger charge is 2.13. The van der Waals surface area contributed by atoms with E-state index in [0.29, 0.717) is 29.5 Å². The molecular formula is C26H23FO6. The van der Waals surface area contributed by atoms with Crippen molar-refractivity contribution in [3.63, 3.8) is 0 Å². The van der Waals surface area contributed by atoms with Crippen molar-refractivity contribution in [2.45, 2.75) is 12.8 Å². The molecule has 0 aliphatic carbocycles. The van der Waals surface area contributed by atoms with Gasteiger partial charge in [-0.1, -0.05) is 36.4 Å². The first-order valence-corrected chi connectivity index (χ1v) is 10.1. The molecule has 7 heteroatoms. The van der Waals surface area contributed by atoms with Crippen molar-refractivity contribution in [1.29, 1.82) is 0 Å². The highest BCUT2D eigenvalue weighted by atomic mass is 19.1. The van der Waals surface area contributed by atoms with Gasteiger partial charge in [0.2, 0.25) is 0 Å². The molecular weight excluding hydrogens is 427 g/mol. The number of carbonyl (C=O) groups excluding carboxylic acids is 2. The minimum Gasteiger partial charge on any atom is -0.507 e. The molecule has 0 fully saturated rings. The lowest BCUT2D eigenvalue weighted by atomic mass is 10.0. The average Bonchev–Trinajstić information content (AvgIpc) is 2.82. The lowest BCUT2D eigenvalue weighted by Gasteiger charge is -2.08. The number of hydrogen-bond acceptors (Lipinski definition) is 6. The van der Waals surface area contributed by atoms with Crippen LogP contribution in [0.1, 0.15) is 43.0 Å². The van der Waals surface area contributed by atoms with E-state index in [1.54, 1.807) is 36.4 Å². The molecule has 0 aliphatic heterocycles. The van der Waals surface area contributed by atoms with Crippen LogP contribution in [0.4, 0.5) is 4.39 Å². The number of phenolic OH excluding ortho intramolecular Hbond substituents is 2. The average molecular weight is 450 g/mol. The van der Waals surface area contributed by atoms with Gasteiger partial charge >= 0.3 is 11.9 Å². The number of rotatable bonds is 7. The number of carbonyl (C=O) groups is 2. The van der Waals surface area contributed by atoms with Crippen LogP contribution < -0.4 is 0 Å². The Morgan fingerprint density at radius 3 is 1.94 bits per heavy atom. The van der Waals surface area contributed by atoms with Crippen LogP contribution in [0.15, 0.2) is 54.6 Å². The Bertz CT molecular complexity index is 1220. The Morgan fingerprint density at radius 2 is 1.33 bits per heavy atom. The summed E-state index contributed by atoms with van der Waals surface area (Å²) < 4.78 is 23.9. The Labute approximate surface area is 190 Å². The largest absolute Gasteiger partial charge is 0.507 e. The number of benzene rings is 3. The van der Waals surface area contributed by atoms with Gasteiger partial charge in [-0.05, 0) is 65.4 Å². The van der Waals surface area contributed by atoms with Crippen molar-refractivity contribution in [2.24, 2.45) is 0 Å². The second-order valence-electron chi connectivity index (χ2n) is 7.30. The molecule has 0 unspecified atom stereocenters. The zero-order valence-electron chi connectivity index (χ0n) is 18.2. The number of methoxy groups -OCH3 is 2. The lowest BCUT2D eigenvalue weighted by Crippen LogP contribution is -2.03. The standard InChI is InChI=1S/C26H23FO6/c1-32-25(30)20-13-16(7-11-23(20)28)3-4-18-6-10-19(22(27)15-18)9-5-17-8-12-24(29)21(14-17)26(31)33-2/h3-4,6-8,10-15,28-29H,5,9H2,1-2H3/b4-3+. The number of ether oxygens (including phenoxy) is 2. The molecule has 0 radical (unpaired) electrons. The minimum absolute atomic E-state index is 0.0470. The minimum atomic E-state index is -0.648. The van der Waals surface area contributed by atoms with Crippen LogP contribution in [0.25, 0.3) is 12.2 Å². The maximum absolute atomic E-state index is 14.6. The monoisotopic (exact) mass is 450 g/mol. The van der Waals surface area contributed by atoms with Gasteiger partial charge in [0.25, 0.3) is 0 Å². The molecule has 0 saturated carbocycles. The van der Waals surface area contributed by atoms with E-state index in [0.717, 1.165) is 5.56 Å². The molecule has 0 saturated heterocycles. The summed E-state index contributed by atoms with van der Waals surface area (Å²) >= 11 is 0. The van der Waals surface area contributed by atoms with Gasteiger partial charge in [0.1, 0.15) is 28.4 Å². The second-order valence-corrected chi connectivity index (χ2v) is 7.30. The van der Waals surface area contributed by atoms with Crippen LogP contribution in [0.2, 0.25) is 0 Å². The van der Waals surface area contributed by atoms with E-state index in [-0.39, 0.29) is 28.4 Å². The van der Waals surface area contributed by atoms with E-state index in [2.05, 4.69) is 9.47 Å². The molecule has 3 aromatic carbocycles. The molecule has 170 valence electrons. The number of phenols is 2. The third kappa shape index (κ3) is 5.77. The predicted molar refractivity (Wildman–Crippen MR) is 122 cm³/mol. The smallest absolute Gasteiger partial charge is 0.341 e. The summed E-state index contributed by atoms with van der Waals surface area (Å²) in [5.74, 6) is -2.00. The summed E-state index contributed by atoms with van der Waals surface area (Å²) in [6, 6.07) is 14.0. The van der Waals surface area contributed by atoms with Gasteiger partial charge in [0.15, 0.2) is 0 Å². The van der Waals surface area contributed by atoms with Crippen LogP contribution in [0.3, 0.4) is 0 Å². The first-order chi connectivity index (χ1) is 15.8. The maximum Gasteiger partial charge on any atom is 0.341 e. The fourth-order valence-electron chi connectivity index (χ4n) is 3.28. The molecule has 6 nitrogen and oxygen atoms in total. The highest BCUT2D eigenvalue weighted by molar-refractivity contribution is 5.93. The van der Waals surface area contributed by atoms with Gasteiger partial charge < -0.3 is 19.7 Å². The van der Waals surface area contributed by atoms with Crippen molar-refractivity contribution in [1.82, 2.24) is 0 Å². The summed E-state index contributed by atoms with van der Waals surface area (Å²) in [6.07, 6.45) is 4.27. The van der Waals surface area contributed by atoms with Gasteiger partial charge in [0, 0.05) is 0 Å². The number of halogens is 1. The maximum atomic E-state index is 14.6. The van der Waals surface area contributed by atoms with Crippen LogP contribution >= 0.6 is 0 Å². The molecule has 0 bridgehead atoms. The van der Waals surface area contributed by atoms with Crippen molar-refractivity contribution in [3.05, 3.63) is 93.8 Å². The van der Waals surface area contributed by atoms with E-state index in [4.69, 9.17) is 0 Å². The summed E-state index contributed by atoms with van der Waals surface area (Å²) in [5.41, 5.74) is 2.67. The summed E-state index contributed by atoms with van der Waals surface area (Å²) in [7, 11) is 2.47. The molecule has 0 aromatic heterocycles. The van der Waals surface area contributed by atoms with Gasteiger partial charge in [-0.3, -0.25) is 0 Å². The predicted octanol–water partition coefficient (Wildman–Crippen LogP) is 4.77. The Balaban J connectivity index is 1.71. The molecule has 0 heterocycles. The number of esters is 2. The molecule has 0 aliphatic rings. The van der Waals surface area contributed by atoms with Crippen molar-refractivity contribution in [2.75, 3.05) is 14.2 Å². The fraction of sp³-hybridized carbons (Fsp3) is 0.154. The quantitative estimate of drug-likeness (QED) is 0.398. The third-order valence-electron chi connectivity index (χ3n) is 5.12. The Morgan fingerprint density at radius 1 is 0.788 bits per heavy atom. The Kier molecular flexibility index (Phi) is 7.46. The van der Waals surface area contributed by atoms with Crippen LogP contribution in [-0.4, -0.2) is 36.4 Å². The number of aryl methyl sites for hydroxylation is 2. The molecule has 0 spiro atoms. The van der Waals surface area contributed by atoms with Gasteiger partial charge in [0.05, 0.1) is 14.2 Å². The summed E-state index contributed by atoms with van der Waals surface area (Å²) in [6.45, 7) is 0. The first kappa shape index (κ1) is 23.5. The zero-order valence-corrected chi connectivity index (χ0v) is 18.2. The van der Waals surface area contributed by atoms with E-state index in [1.807, 2.05) is 0 Å².